The summed E-state index contributed by atoms with van der Waals surface area (Å²) in [4.78, 5) is 38.1. The third-order valence-corrected chi connectivity index (χ3v) is 4.93. The number of nitro benzene ring substituents is 1. The van der Waals surface area contributed by atoms with Crippen LogP contribution >= 0.6 is 11.6 Å². The standard InChI is InChI=1S/C22H19ClN2O6/c1-4-31-22(27)20-13(2)24(16-8-6-15(23)7-9-16)21(26)17(20)11-14-5-10-19(30-3)18(12-14)25(28)29/h5-12H,4H2,1-3H3/b17-11-. The van der Waals surface area contributed by atoms with Gasteiger partial charge in [-0.05, 0) is 55.8 Å². The summed E-state index contributed by atoms with van der Waals surface area (Å²) >= 11 is 5.95. The highest BCUT2D eigenvalue weighted by molar-refractivity contribution is 6.30. The molecule has 0 spiro atoms. The predicted octanol–water partition coefficient (Wildman–Crippen LogP) is 4.52. The summed E-state index contributed by atoms with van der Waals surface area (Å²) in [5.41, 5.74) is 1.20. The van der Waals surface area contributed by atoms with E-state index in [1.807, 2.05) is 0 Å². The molecule has 0 saturated carbocycles. The van der Waals surface area contributed by atoms with E-state index in [-0.39, 0.29) is 29.2 Å². The van der Waals surface area contributed by atoms with E-state index in [1.165, 1.54) is 30.2 Å². The molecule has 0 bridgehead atoms. The molecule has 2 aromatic rings. The molecule has 31 heavy (non-hydrogen) atoms. The zero-order valence-electron chi connectivity index (χ0n) is 17.0. The lowest BCUT2D eigenvalue weighted by Gasteiger charge is -2.18. The number of nitrogens with zero attached hydrogens (tertiary/aromatic N) is 2. The van der Waals surface area contributed by atoms with Crippen molar-refractivity contribution in [2.24, 2.45) is 0 Å². The number of allylic oxidation sites excluding steroid dienone is 1. The molecule has 0 atom stereocenters. The first-order valence-corrected chi connectivity index (χ1v) is 9.68. The minimum Gasteiger partial charge on any atom is -0.490 e. The van der Waals surface area contributed by atoms with Crippen molar-refractivity contribution in [3.63, 3.8) is 0 Å². The Balaban J connectivity index is 2.14. The molecule has 0 aromatic heterocycles. The number of esters is 1. The number of halogens is 1. The quantitative estimate of drug-likeness (QED) is 0.282. The second-order valence-electron chi connectivity index (χ2n) is 6.54. The van der Waals surface area contributed by atoms with Crippen molar-refractivity contribution < 1.29 is 24.0 Å². The van der Waals surface area contributed by atoms with Crippen LogP contribution in [0.2, 0.25) is 5.02 Å². The molecule has 0 fully saturated rings. The van der Waals surface area contributed by atoms with Crippen molar-refractivity contribution in [1.82, 2.24) is 0 Å². The molecule has 0 N–H and O–H groups in total. The first-order valence-electron chi connectivity index (χ1n) is 9.31. The van der Waals surface area contributed by atoms with Gasteiger partial charge in [-0.25, -0.2) is 4.79 Å². The van der Waals surface area contributed by atoms with Crippen LogP contribution in [0.1, 0.15) is 19.4 Å². The van der Waals surface area contributed by atoms with Gasteiger partial charge in [-0.3, -0.25) is 19.8 Å². The Bertz CT molecular complexity index is 1120. The number of benzene rings is 2. The van der Waals surface area contributed by atoms with Crippen LogP contribution in [0.25, 0.3) is 6.08 Å². The summed E-state index contributed by atoms with van der Waals surface area (Å²) in [5.74, 6) is -1.02. The maximum atomic E-state index is 13.3. The van der Waals surface area contributed by atoms with E-state index in [0.29, 0.717) is 22.0 Å². The number of rotatable bonds is 6. The minimum absolute atomic E-state index is 0.0744. The van der Waals surface area contributed by atoms with Crippen LogP contribution < -0.4 is 9.64 Å². The topological polar surface area (TPSA) is 99.0 Å². The van der Waals surface area contributed by atoms with Gasteiger partial charge in [0.15, 0.2) is 5.75 Å². The van der Waals surface area contributed by atoms with Gasteiger partial charge in [0, 0.05) is 22.5 Å². The highest BCUT2D eigenvalue weighted by atomic mass is 35.5. The maximum Gasteiger partial charge on any atom is 0.340 e. The summed E-state index contributed by atoms with van der Waals surface area (Å²) in [5, 5.41) is 11.8. The van der Waals surface area contributed by atoms with E-state index in [4.69, 9.17) is 21.1 Å². The van der Waals surface area contributed by atoms with E-state index in [1.54, 1.807) is 44.2 Å². The van der Waals surface area contributed by atoms with Crippen LogP contribution in [-0.2, 0) is 14.3 Å². The van der Waals surface area contributed by atoms with Gasteiger partial charge >= 0.3 is 11.7 Å². The number of anilines is 1. The smallest absolute Gasteiger partial charge is 0.340 e. The molecule has 1 amide bonds. The summed E-state index contributed by atoms with van der Waals surface area (Å²) in [6.45, 7) is 3.43. The van der Waals surface area contributed by atoms with E-state index in [0.717, 1.165) is 0 Å². The van der Waals surface area contributed by atoms with Crippen molar-refractivity contribution >= 4 is 40.9 Å². The molecule has 0 unspecified atom stereocenters. The van der Waals surface area contributed by atoms with Crippen molar-refractivity contribution in [2.45, 2.75) is 13.8 Å². The van der Waals surface area contributed by atoms with Gasteiger partial charge in [-0.1, -0.05) is 17.7 Å². The van der Waals surface area contributed by atoms with E-state index < -0.39 is 16.8 Å². The fraction of sp³-hybridized carbons (Fsp3) is 0.182. The minimum atomic E-state index is -0.654. The molecule has 0 radical (unpaired) electrons. The molecule has 0 aliphatic carbocycles. The van der Waals surface area contributed by atoms with Gasteiger partial charge in [-0.15, -0.1) is 0 Å². The molecule has 1 aliphatic rings. The molecule has 1 aliphatic heterocycles. The molecule has 1 heterocycles. The number of methoxy groups -OCH3 is 1. The Kier molecular flexibility index (Phi) is 6.41. The Morgan fingerprint density at radius 2 is 1.90 bits per heavy atom. The van der Waals surface area contributed by atoms with Crippen molar-refractivity contribution in [3.05, 3.63) is 80.0 Å². The molecule has 160 valence electrons. The lowest BCUT2D eigenvalue weighted by Crippen LogP contribution is -2.24. The zero-order valence-corrected chi connectivity index (χ0v) is 17.8. The fourth-order valence-corrected chi connectivity index (χ4v) is 3.41. The van der Waals surface area contributed by atoms with Crippen LogP contribution in [-0.4, -0.2) is 30.5 Å². The number of nitro groups is 1. The molecule has 2 aromatic carbocycles. The van der Waals surface area contributed by atoms with Gasteiger partial charge in [0.2, 0.25) is 0 Å². The third kappa shape index (κ3) is 4.29. The number of amides is 1. The Morgan fingerprint density at radius 3 is 2.48 bits per heavy atom. The average Bonchev–Trinajstić information content (AvgIpc) is 2.98. The van der Waals surface area contributed by atoms with Crippen LogP contribution in [0.5, 0.6) is 5.75 Å². The van der Waals surface area contributed by atoms with Crippen LogP contribution in [0.4, 0.5) is 11.4 Å². The number of hydrogen-bond donors (Lipinski definition) is 0. The zero-order chi connectivity index (χ0) is 22.7. The molecular formula is C22H19ClN2O6. The third-order valence-electron chi connectivity index (χ3n) is 4.68. The van der Waals surface area contributed by atoms with Crippen molar-refractivity contribution in [2.75, 3.05) is 18.6 Å². The number of carbonyl (C=O) groups excluding carboxylic acids is 2. The molecule has 8 nitrogen and oxygen atoms in total. The summed E-state index contributed by atoms with van der Waals surface area (Å²) in [7, 11) is 1.33. The molecule has 0 saturated heterocycles. The summed E-state index contributed by atoms with van der Waals surface area (Å²) in [6.07, 6.45) is 1.43. The van der Waals surface area contributed by atoms with Crippen molar-refractivity contribution in [3.8, 4) is 5.75 Å². The maximum absolute atomic E-state index is 13.3. The van der Waals surface area contributed by atoms with Crippen LogP contribution in [0.15, 0.2) is 59.3 Å². The van der Waals surface area contributed by atoms with Gasteiger partial charge in [0.05, 0.1) is 29.8 Å². The fourth-order valence-electron chi connectivity index (χ4n) is 3.29. The molecular weight excluding hydrogens is 424 g/mol. The number of hydrogen-bond acceptors (Lipinski definition) is 6. The normalized spacial score (nSPS) is 14.9. The first kappa shape index (κ1) is 22.0. The molecule has 9 heteroatoms. The van der Waals surface area contributed by atoms with Gasteiger partial charge in [-0.2, -0.15) is 0 Å². The predicted molar refractivity (Wildman–Crippen MR) is 116 cm³/mol. The lowest BCUT2D eigenvalue weighted by atomic mass is 10.0. The van der Waals surface area contributed by atoms with Gasteiger partial charge < -0.3 is 9.47 Å². The van der Waals surface area contributed by atoms with Crippen molar-refractivity contribution in [1.29, 1.82) is 0 Å². The Morgan fingerprint density at radius 1 is 1.23 bits per heavy atom. The van der Waals surface area contributed by atoms with Crippen LogP contribution in [0, 0.1) is 10.1 Å². The highest BCUT2D eigenvalue weighted by Gasteiger charge is 2.38. The first-order chi connectivity index (χ1) is 14.8. The second kappa shape index (κ2) is 9.01. The Labute approximate surface area is 183 Å². The van der Waals surface area contributed by atoms with E-state index in [9.17, 15) is 19.7 Å². The summed E-state index contributed by atoms with van der Waals surface area (Å²) < 4.78 is 10.2. The largest absolute Gasteiger partial charge is 0.490 e. The highest BCUT2D eigenvalue weighted by Crippen LogP contribution is 2.37. The molecule has 3 rings (SSSR count). The lowest BCUT2D eigenvalue weighted by molar-refractivity contribution is -0.385. The van der Waals surface area contributed by atoms with E-state index in [2.05, 4.69) is 0 Å². The Hall–Kier alpha value is -3.65. The number of ether oxygens (including phenoxy) is 2. The van der Waals surface area contributed by atoms with Gasteiger partial charge in [0.25, 0.3) is 5.91 Å². The second-order valence-corrected chi connectivity index (χ2v) is 6.98. The van der Waals surface area contributed by atoms with Gasteiger partial charge in [0.1, 0.15) is 0 Å². The summed E-state index contributed by atoms with van der Waals surface area (Å²) in [6, 6.07) is 10.9. The van der Waals surface area contributed by atoms with E-state index >= 15 is 0 Å². The number of carbonyl (C=O) groups is 2. The van der Waals surface area contributed by atoms with Crippen LogP contribution in [0.3, 0.4) is 0 Å². The SMILES string of the molecule is CCOC(=O)C1=C(C)N(c2ccc(Cl)cc2)C(=O)/C1=C\c1ccc(OC)c([N+](=O)[O-])c1. The monoisotopic (exact) mass is 442 g/mol. The average molecular weight is 443 g/mol.